The molecule has 0 atom stereocenters. The van der Waals surface area contributed by atoms with Crippen molar-refractivity contribution in [2.45, 2.75) is 0 Å². The van der Waals surface area contributed by atoms with E-state index in [0.717, 1.165) is 171 Å². The van der Waals surface area contributed by atoms with Crippen LogP contribution in [0.4, 0.5) is 0 Å². The molecular weight excluding hydrogens is 1790 g/mol. The summed E-state index contributed by atoms with van der Waals surface area (Å²) in [5.41, 5.74) is 24.4. The van der Waals surface area contributed by atoms with Gasteiger partial charge < -0.3 is 17.7 Å². The number of hydrogen-bond acceptors (Lipinski definition) is 12. The van der Waals surface area contributed by atoms with Gasteiger partial charge >= 0.3 is 0 Å². The third kappa shape index (κ3) is 10.4. The van der Waals surface area contributed by atoms with E-state index >= 15 is 0 Å². The van der Waals surface area contributed by atoms with Crippen molar-refractivity contribution < 1.29 is 17.7 Å². The van der Waals surface area contributed by atoms with Gasteiger partial charge in [-0.3, -0.25) is 17.6 Å². The van der Waals surface area contributed by atoms with Crippen LogP contribution in [-0.4, -0.2) is 37.5 Å². The number of hydrogen-bond donors (Lipinski definition) is 0. The van der Waals surface area contributed by atoms with Crippen molar-refractivity contribution >= 4 is 367 Å². The lowest BCUT2D eigenvalue weighted by molar-refractivity contribution is 0.669. The molecule has 0 unspecified atom stereocenters. The lowest BCUT2D eigenvalue weighted by Gasteiger charge is -2.11. The number of fused-ring (bicyclic) bond motifs is 60. The number of nitrogens with zero attached hydrogens (tertiary/aromatic N) is 8. The molecule has 16 heteroatoms. The number of benzene rings is 20. The predicted octanol–water partition coefficient (Wildman–Crippen LogP) is 36.2. The Hall–Kier alpha value is -17.6. The first-order valence-electron chi connectivity index (χ1n) is 46.9. The Bertz CT molecular complexity index is 12000. The fourth-order valence-corrected chi connectivity index (χ4v) is 28.3. The van der Waals surface area contributed by atoms with E-state index in [4.69, 9.17) is 37.6 Å². The molecule has 0 aliphatic heterocycles. The molecule has 0 saturated heterocycles. The quantitative estimate of drug-likeness (QED) is 0.138. The standard InChI is InChI=1S/4C31H16N2OS/c1-5-11-24-19(8-1)28-25(34-24)16-15-23-27(28)20-14-13-18-17-7-2-6-12-26(17)35-30(18)29(20)31-32-21-9-3-4-10-22(21)33(23)31;1-5-11-27-17(7-1)21-14-26-20(15-28(21)34-27)19-16-30-22(18-8-2-6-12-29(18)35-30)13-23(19)31-32-24-9-3-4-10-25(24)33(26)31;1-5-11-26-17(7-1)21-15-25-22(16-27(21)34-26)29-20(31-32-23-9-3-4-10-24(23)33(25)31)14-13-19-18-8-2-6-12-28(18)35-30(19)29;1-5-11-26-17(7-1)21-15-22-25(16-27(21)34-26)33-24-10-4-3-9-23(24)32-31(33)20-14-13-19-18-8-2-6-12-28(18)35-30(19)29(20)22/h4*1-16H. The zero-order chi connectivity index (χ0) is 90.7. The second kappa shape index (κ2) is 28.0. The van der Waals surface area contributed by atoms with E-state index in [9.17, 15) is 0 Å². The van der Waals surface area contributed by atoms with Crippen molar-refractivity contribution in [3.63, 3.8) is 0 Å². The maximum atomic E-state index is 6.34. The number of imidazole rings is 4. The highest BCUT2D eigenvalue weighted by Gasteiger charge is 2.28. The van der Waals surface area contributed by atoms with Crippen LogP contribution in [0.3, 0.4) is 0 Å². The van der Waals surface area contributed by atoms with Crippen molar-refractivity contribution in [3.8, 4) is 0 Å². The largest absolute Gasteiger partial charge is 0.456 e. The van der Waals surface area contributed by atoms with E-state index < -0.39 is 0 Å². The highest BCUT2D eigenvalue weighted by atomic mass is 32.1. The van der Waals surface area contributed by atoms with Gasteiger partial charge in [0, 0.05) is 184 Å². The maximum Gasteiger partial charge on any atom is 0.147 e. The van der Waals surface area contributed by atoms with Gasteiger partial charge in [0.1, 0.15) is 67.3 Å². The molecule has 0 bridgehead atoms. The summed E-state index contributed by atoms with van der Waals surface area (Å²) in [7, 11) is 0. The zero-order valence-corrected chi connectivity index (χ0v) is 77.1. The third-order valence-corrected chi connectivity index (χ3v) is 34.2. The van der Waals surface area contributed by atoms with Crippen LogP contribution in [-0.2, 0) is 0 Å². The van der Waals surface area contributed by atoms with Crippen LogP contribution in [0.1, 0.15) is 0 Å². The summed E-state index contributed by atoms with van der Waals surface area (Å²) in [5.74, 6) is 0. The summed E-state index contributed by atoms with van der Waals surface area (Å²) in [6, 6.07) is 138. The summed E-state index contributed by atoms with van der Waals surface area (Å²) in [6.45, 7) is 0. The van der Waals surface area contributed by atoms with Gasteiger partial charge in [0.25, 0.3) is 0 Å². The van der Waals surface area contributed by atoms with Crippen LogP contribution < -0.4 is 0 Å². The Morgan fingerprint density at radius 1 is 0.150 bits per heavy atom. The summed E-state index contributed by atoms with van der Waals surface area (Å²) < 4.78 is 45.0. The molecule has 0 radical (unpaired) electrons. The minimum absolute atomic E-state index is 0.903. The molecule has 16 heterocycles. The Balaban J connectivity index is 0.0000000829. The minimum atomic E-state index is 0.903. The van der Waals surface area contributed by atoms with Crippen molar-refractivity contribution in [1.29, 1.82) is 0 Å². The molecule has 0 aliphatic rings. The first-order chi connectivity index (χ1) is 69.4. The molecule has 0 N–H and O–H groups in total. The smallest absolute Gasteiger partial charge is 0.147 e. The number of aromatic nitrogens is 8. The van der Waals surface area contributed by atoms with E-state index in [1.54, 1.807) is 0 Å². The molecule has 36 rings (SSSR count). The van der Waals surface area contributed by atoms with Gasteiger partial charge in [-0.2, -0.15) is 0 Å². The Morgan fingerprint density at radius 2 is 0.486 bits per heavy atom. The number of rotatable bonds is 0. The van der Waals surface area contributed by atoms with E-state index in [0.29, 0.717) is 0 Å². The summed E-state index contributed by atoms with van der Waals surface area (Å²) in [6.07, 6.45) is 0. The first-order valence-corrected chi connectivity index (χ1v) is 50.2. The molecule has 648 valence electrons. The van der Waals surface area contributed by atoms with Crippen LogP contribution in [0, 0.1) is 0 Å². The van der Waals surface area contributed by atoms with E-state index in [-0.39, 0.29) is 0 Å². The van der Waals surface area contributed by atoms with Gasteiger partial charge in [-0.25, -0.2) is 19.9 Å². The average Bonchev–Trinajstić information content (AvgIpc) is 1.54. The van der Waals surface area contributed by atoms with Gasteiger partial charge in [0.05, 0.1) is 66.2 Å². The second-order valence-electron chi connectivity index (χ2n) is 36.7. The van der Waals surface area contributed by atoms with Crippen molar-refractivity contribution in [3.05, 3.63) is 388 Å². The van der Waals surface area contributed by atoms with E-state index in [1.807, 2.05) is 87.8 Å². The summed E-state index contributed by atoms with van der Waals surface area (Å²) >= 11 is 7.45. The zero-order valence-electron chi connectivity index (χ0n) is 73.8. The van der Waals surface area contributed by atoms with Gasteiger partial charge in [-0.05, 0) is 175 Å². The van der Waals surface area contributed by atoms with Gasteiger partial charge in [0.15, 0.2) is 0 Å². The molecular formula is C124H64N8O4S4. The number of thiophene rings is 4. The fraction of sp³-hybridized carbons (Fsp3) is 0. The molecule has 16 aromatic heterocycles. The van der Waals surface area contributed by atoms with Gasteiger partial charge in [-0.1, -0.05) is 218 Å². The van der Waals surface area contributed by atoms with Crippen LogP contribution in [0.15, 0.2) is 406 Å². The Morgan fingerprint density at radius 3 is 0.986 bits per heavy atom. The minimum Gasteiger partial charge on any atom is -0.456 e. The summed E-state index contributed by atoms with van der Waals surface area (Å²) in [5, 5.41) is 34.1. The molecule has 12 nitrogen and oxygen atoms in total. The van der Waals surface area contributed by atoms with Crippen LogP contribution >= 0.6 is 45.3 Å². The molecule has 140 heavy (non-hydrogen) atoms. The Labute approximate surface area is 804 Å². The van der Waals surface area contributed by atoms with Crippen molar-refractivity contribution in [1.82, 2.24) is 37.5 Å². The molecule has 0 fully saturated rings. The Kier molecular flexibility index (Phi) is 15.2. The lowest BCUT2D eigenvalue weighted by atomic mass is 9.99. The van der Waals surface area contributed by atoms with E-state index in [2.05, 4.69) is 363 Å². The fourth-order valence-electron chi connectivity index (χ4n) is 23.4. The second-order valence-corrected chi connectivity index (χ2v) is 41.0. The first kappa shape index (κ1) is 75.6. The molecule has 20 aromatic carbocycles. The normalized spacial score (nSPS) is 12.6. The molecule has 0 amide bonds. The number of para-hydroxylation sites is 12. The monoisotopic (exact) mass is 1860 g/mol. The molecule has 0 saturated carbocycles. The van der Waals surface area contributed by atoms with Gasteiger partial charge in [0.2, 0.25) is 0 Å². The number of pyridine rings is 4. The summed E-state index contributed by atoms with van der Waals surface area (Å²) in [4.78, 5) is 20.6. The molecule has 0 spiro atoms. The molecule has 36 aromatic rings. The topological polar surface area (TPSA) is 122 Å². The van der Waals surface area contributed by atoms with Crippen molar-refractivity contribution in [2.75, 3.05) is 0 Å². The van der Waals surface area contributed by atoms with Crippen LogP contribution in [0.25, 0.3) is 322 Å². The average molecular weight is 1860 g/mol. The molecule has 0 aliphatic carbocycles. The SMILES string of the molecule is c1ccc2c(c1)nc1c3c(ccc4c5ccccc5sc43)c3c4c(ccc3n21)oc1ccccc14.c1ccc2c(c1)nc1c3cc4c(cc3c3cc5oc6ccccc6c5cc3n21)sc1ccccc14.c1ccc2c(c1)nc1c3ccc4c5ccccc5sc4c3c3cc4c(cc3n21)oc1ccccc14.c1ccc2c(c1)nc1c3ccc4c5ccccc5sc4c3c3cc4oc5ccccc5c4cc3n21. The van der Waals surface area contributed by atoms with E-state index in [1.165, 1.54) is 151 Å². The third-order valence-electron chi connectivity index (χ3n) is 29.4. The van der Waals surface area contributed by atoms with Crippen LogP contribution in [0.2, 0.25) is 0 Å². The number of furan rings is 4. The lowest BCUT2D eigenvalue weighted by Crippen LogP contribution is -1.92. The highest BCUT2D eigenvalue weighted by molar-refractivity contribution is 7.28. The maximum absolute atomic E-state index is 6.34. The van der Waals surface area contributed by atoms with Crippen molar-refractivity contribution in [2.24, 2.45) is 0 Å². The van der Waals surface area contributed by atoms with Gasteiger partial charge in [-0.15, -0.1) is 45.3 Å². The van der Waals surface area contributed by atoms with Crippen LogP contribution in [0.5, 0.6) is 0 Å². The predicted molar refractivity (Wildman–Crippen MR) is 592 cm³/mol. The highest BCUT2D eigenvalue weighted by Crippen LogP contribution is 2.52.